The summed E-state index contributed by atoms with van der Waals surface area (Å²) >= 11 is 0. The maximum absolute atomic E-state index is 12.1. The van der Waals surface area contributed by atoms with E-state index in [-0.39, 0.29) is 16.2 Å². The molecule has 0 radical (unpaired) electrons. The summed E-state index contributed by atoms with van der Waals surface area (Å²) in [6.07, 6.45) is 0. The number of carbonyl (C=O) groups excluding carboxylic acids is 1. The number of nitrogens with zero attached hydrogens (tertiary/aromatic N) is 1. The molecule has 1 aromatic carbocycles. The van der Waals surface area contributed by atoms with Crippen LogP contribution in [0.25, 0.3) is 0 Å². The number of benzene rings is 1. The van der Waals surface area contributed by atoms with Gasteiger partial charge < -0.3 is 11.1 Å². The van der Waals surface area contributed by atoms with Gasteiger partial charge in [-0.3, -0.25) is 4.79 Å². The van der Waals surface area contributed by atoms with E-state index in [0.717, 1.165) is 4.31 Å². The Morgan fingerprint density at radius 3 is 2.33 bits per heavy atom. The molecule has 118 valence electrons. The average Bonchev–Trinajstić information content (AvgIpc) is 2.36. The number of nitrogens with one attached hydrogen (secondary N) is 1. The van der Waals surface area contributed by atoms with Crippen molar-refractivity contribution < 1.29 is 13.2 Å². The molecule has 0 aliphatic rings. The summed E-state index contributed by atoms with van der Waals surface area (Å²) in [6.45, 7) is 5.60. The van der Waals surface area contributed by atoms with Crippen LogP contribution in [0.5, 0.6) is 0 Å². The molecule has 0 heterocycles. The van der Waals surface area contributed by atoms with Gasteiger partial charge >= 0.3 is 0 Å². The van der Waals surface area contributed by atoms with Gasteiger partial charge in [0.1, 0.15) is 0 Å². The van der Waals surface area contributed by atoms with Gasteiger partial charge in [0.2, 0.25) is 15.9 Å². The molecule has 0 saturated carbocycles. The van der Waals surface area contributed by atoms with Crippen molar-refractivity contribution in [1.29, 1.82) is 0 Å². The zero-order chi connectivity index (χ0) is 16.4. The predicted molar refractivity (Wildman–Crippen MR) is 83.4 cm³/mol. The van der Waals surface area contributed by atoms with Gasteiger partial charge in [-0.2, -0.15) is 0 Å². The Kier molecular flexibility index (Phi) is 5.14. The molecular formula is C14H23N3O3S. The maximum atomic E-state index is 12.1. The van der Waals surface area contributed by atoms with E-state index >= 15 is 0 Å². The van der Waals surface area contributed by atoms with E-state index in [0.29, 0.717) is 5.69 Å². The van der Waals surface area contributed by atoms with Crippen LogP contribution in [0.3, 0.4) is 0 Å². The van der Waals surface area contributed by atoms with Crippen molar-refractivity contribution in [2.75, 3.05) is 19.4 Å². The third-order valence-electron chi connectivity index (χ3n) is 3.10. The molecule has 0 aromatic heterocycles. The molecule has 0 spiro atoms. The fourth-order valence-corrected chi connectivity index (χ4v) is 2.51. The number of hydrogen-bond donors (Lipinski definition) is 2. The third-order valence-corrected chi connectivity index (χ3v) is 4.91. The van der Waals surface area contributed by atoms with Gasteiger partial charge in [-0.15, -0.1) is 0 Å². The number of anilines is 1. The van der Waals surface area contributed by atoms with E-state index in [2.05, 4.69) is 5.32 Å². The smallest absolute Gasteiger partial charge is 0.242 e. The van der Waals surface area contributed by atoms with Crippen molar-refractivity contribution >= 4 is 21.6 Å². The van der Waals surface area contributed by atoms with E-state index in [4.69, 9.17) is 5.73 Å². The first kappa shape index (κ1) is 17.6. The van der Waals surface area contributed by atoms with Crippen LogP contribution in [-0.2, 0) is 14.8 Å². The fraction of sp³-hybridized carbons (Fsp3) is 0.500. The van der Waals surface area contributed by atoms with Crippen molar-refractivity contribution in [3.63, 3.8) is 0 Å². The summed E-state index contributed by atoms with van der Waals surface area (Å²) in [6, 6.07) is 5.42. The second kappa shape index (κ2) is 6.13. The number of carbonyl (C=O) groups is 1. The highest BCUT2D eigenvalue weighted by Gasteiger charge is 2.27. The molecule has 1 amide bonds. The first-order chi connectivity index (χ1) is 9.46. The van der Waals surface area contributed by atoms with Crippen molar-refractivity contribution in [3.05, 3.63) is 24.3 Å². The molecule has 1 aromatic rings. The van der Waals surface area contributed by atoms with Crippen LogP contribution >= 0.6 is 0 Å². The largest absolute Gasteiger partial charge is 0.325 e. The Balaban J connectivity index is 3.01. The van der Waals surface area contributed by atoms with Crippen LogP contribution in [0.1, 0.15) is 20.8 Å². The molecule has 21 heavy (non-hydrogen) atoms. The minimum Gasteiger partial charge on any atom is -0.325 e. The Hall–Kier alpha value is -1.44. The summed E-state index contributed by atoms with van der Waals surface area (Å²) < 4.78 is 25.2. The van der Waals surface area contributed by atoms with Crippen LogP contribution < -0.4 is 11.1 Å². The Labute approximate surface area is 126 Å². The molecule has 1 unspecified atom stereocenters. The van der Waals surface area contributed by atoms with Crippen LogP contribution in [-0.4, -0.2) is 38.8 Å². The minimum atomic E-state index is -3.53. The average molecular weight is 313 g/mol. The lowest BCUT2D eigenvalue weighted by molar-refractivity contribution is -0.119. The quantitative estimate of drug-likeness (QED) is 0.875. The number of rotatable bonds is 4. The topological polar surface area (TPSA) is 92.5 Å². The highest BCUT2D eigenvalue weighted by atomic mass is 32.2. The Bertz CT molecular complexity index is 619. The SMILES string of the molecule is CN(C)S(=O)(=O)c1cccc(NC(=O)C(N)C(C)(C)C)c1. The van der Waals surface area contributed by atoms with E-state index in [1.165, 1.54) is 26.2 Å². The first-order valence-electron chi connectivity index (χ1n) is 6.55. The number of nitrogens with two attached hydrogens (primary N) is 1. The lowest BCUT2D eigenvalue weighted by atomic mass is 9.87. The van der Waals surface area contributed by atoms with Gasteiger partial charge in [0, 0.05) is 19.8 Å². The van der Waals surface area contributed by atoms with Crippen LogP contribution in [0.4, 0.5) is 5.69 Å². The first-order valence-corrected chi connectivity index (χ1v) is 7.99. The molecular weight excluding hydrogens is 290 g/mol. The molecule has 1 atom stereocenters. The van der Waals surface area contributed by atoms with Gasteiger partial charge in [0.15, 0.2) is 0 Å². The van der Waals surface area contributed by atoms with Crippen LogP contribution in [0, 0.1) is 5.41 Å². The normalized spacial score (nSPS) is 14.0. The summed E-state index contributed by atoms with van der Waals surface area (Å²) in [5, 5.41) is 2.65. The van der Waals surface area contributed by atoms with Gasteiger partial charge in [-0.05, 0) is 23.6 Å². The van der Waals surface area contributed by atoms with Crippen molar-refractivity contribution in [2.24, 2.45) is 11.1 Å². The van der Waals surface area contributed by atoms with E-state index in [1.54, 1.807) is 12.1 Å². The zero-order valence-electron chi connectivity index (χ0n) is 13.0. The minimum absolute atomic E-state index is 0.120. The molecule has 0 aliphatic heterocycles. The van der Waals surface area contributed by atoms with E-state index in [9.17, 15) is 13.2 Å². The van der Waals surface area contributed by atoms with Crippen molar-refractivity contribution in [2.45, 2.75) is 31.7 Å². The van der Waals surface area contributed by atoms with Crippen molar-refractivity contribution in [3.8, 4) is 0 Å². The van der Waals surface area contributed by atoms with Gasteiger partial charge in [-0.1, -0.05) is 26.8 Å². The second-order valence-electron chi connectivity index (χ2n) is 6.15. The Morgan fingerprint density at radius 1 is 1.29 bits per heavy atom. The summed E-state index contributed by atoms with van der Waals surface area (Å²) in [5.41, 5.74) is 5.90. The molecule has 0 bridgehead atoms. The maximum Gasteiger partial charge on any atom is 0.242 e. The van der Waals surface area contributed by atoms with Crippen molar-refractivity contribution in [1.82, 2.24) is 4.31 Å². The molecule has 0 fully saturated rings. The van der Waals surface area contributed by atoms with E-state index in [1.807, 2.05) is 20.8 Å². The molecule has 3 N–H and O–H groups in total. The lowest BCUT2D eigenvalue weighted by Gasteiger charge is -2.25. The third kappa shape index (κ3) is 4.26. The van der Waals surface area contributed by atoms with Gasteiger partial charge in [0.05, 0.1) is 10.9 Å². The van der Waals surface area contributed by atoms with Crippen LogP contribution in [0.15, 0.2) is 29.2 Å². The Morgan fingerprint density at radius 2 is 1.86 bits per heavy atom. The molecule has 1 rings (SSSR count). The highest BCUT2D eigenvalue weighted by molar-refractivity contribution is 7.89. The predicted octanol–water partition coefficient (Wildman–Crippen LogP) is 1.25. The fourth-order valence-electron chi connectivity index (χ4n) is 1.56. The molecule has 6 nitrogen and oxygen atoms in total. The van der Waals surface area contributed by atoms with Crippen LogP contribution in [0.2, 0.25) is 0 Å². The lowest BCUT2D eigenvalue weighted by Crippen LogP contribution is -2.45. The molecule has 7 heteroatoms. The zero-order valence-corrected chi connectivity index (χ0v) is 13.9. The number of hydrogen-bond acceptors (Lipinski definition) is 4. The molecule has 0 saturated heterocycles. The van der Waals surface area contributed by atoms with Gasteiger partial charge in [0.25, 0.3) is 0 Å². The number of amides is 1. The summed E-state index contributed by atoms with van der Waals surface area (Å²) in [7, 11) is -0.624. The standard InChI is InChI=1S/C14H23N3O3S/c1-14(2,3)12(15)13(18)16-10-7-6-8-11(9-10)21(19,20)17(4)5/h6-9,12H,15H2,1-5H3,(H,16,18). The summed E-state index contributed by atoms with van der Waals surface area (Å²) in [4.78, 5) is 12.2. The number of sulfonamides is 1. The molecule has 0 aliphatic carbocycles. The van der Waals surface area contributed by atoms with E-state index < -0.39 is 16.1 Å². The van der Waals surface area contributed by atoms with Gasteiger partial charge in [-0.25, -0.2) is 12.7 Å². The second-order valence-corrected chi connectivity index (χ2v) is 8.30. The monoisotopic (exact) mass is 313 g/mol. The summed E-state index contributed by atoms with van der Waals surface area (Å²) in [5.74, 6) is -0.345. The highest BCUT2D eigenvalue weighted by Crippen LogP contribution is 2.21.